The summed E-state index contributed by atoms with van der Waals surface area (Å²) in [4.78, 5) is 7.86. The molecule has 1 heterocycles. The lowest BCUT2D eigenvalue weighted by Gasteiger charge is -2.16. The summed E-state index contributed by atoms with van der Waals surface area (Å²) in [6.07, 6.45) is 4.04. The van der Waals surface area contributed by atoms with E-state index in [0.717, 1.165) is 18.2 Å². The molecule has 0 bridgehead atoms. The molecule has 0 amide bonds. The van der Waals surface area contributed by atoms with Gasteiger partial charge in [0, 0.05) is 30.2 Å². The Morgan fingerprint density at radius 2 is 2.19 bits per heavy atom. The fraction of sp³-hybridized carbons (Fsp3) is 0.583. The van der Waals surface area contributed by atoms with E-state index in [1.807, 2.05) is 13.1 Å². The molecule has 0 saturated carbocycles. The van der Waals surface area contributed by atoms with Gasteiger partial charge in [-0.25, -0.2) is 4.98 Å². The van der Waals surface area contributed by atoms with Crippen LogP contribution in [0.5, 0.6) is 0 Å². The number of hydrogen-bond acceptors (Lipinski definition) is 4. The number of nitrogens with zero attached hydrogens (tertiary/aromatic N) is 2. The molecule has 0 aliphatic rings. The van der Waals surface area contributed by atoms with E-state index in [2.05, 4.69) is 36.7 Å². The molecule has 0 aliphatic heterocycles. The van der Waals surface area contributed by atoms with E-state index in [1.165, 1.54) is 10.5 Å². The minimum Gasteiger partial charge on any atom is -0.349 e. The summed E-state index contributed by atoms with van der Waals surface area (Å²) in [5.74, 6) is 0. The molecule has 3 nitrogen and oxygen atoms in total. The summed E-state index contributed by atoms with van der Waals surface area (Å²) >= 11 is 1.72. The van der Waals surface area contributed by atoms with E-state index < -0.39 is 0 Å². The Labute approximate surface area is 102 Å². The van der Waals surface area contributed by atoms with Gasteiger partial charge in [-0.2, -0.15) is 0 Å². The Bertz CT molecular complexity index is 351. The Morgan fingerprint density at radius 1 is 1.56 bits per heavy atom. The summed E-state index contributed by atoms with van der Waals surface area (Å²) < 4.78 is 0. The standard InChI is InChI=1S/C12H21N3S/c1-5-15(6-2)12-14-8-11(16-12)7-9(3)10(4)13/h7-8,10H,5-6,13H2,1-4H3/b9-7-. The van der Waals surface area contributed by atoms with Crippen molar-refractivity contribution < 1.29 is 0 Å². The first-order valence-corrected chi connectivity index (χ1v) is 6.54. The van der Waals surface area contributed by atoms with Crippen molar-refractivity contribution in [2.24, 2.45) is 5.73 Å². The van der Waals surface area contributed by atoms with E-state index in [9.17, 15) is 0 Å². The smallest absolute Gasteiger partial charge is 0.185 e. The SMILES string of the molecule is CCN(CC)c1ncc(/C=C(/C)C(C)N)s1. The van der Waals surface area contributed by atoms with Crippen LogP contribution in [0.15, 0.2) is 11.8 Å². The lowest BCUT2D eigenvalue weighted by atomic mass is 10.1. The van der Waals surface area contributed by atoms with Gasteiger partial charge in [0.1, 0.15) is 0 Å². The second-order valence-corrected chi connectivity index (χ2v) is 4.94. The van der Waals surface area contributed by atoms with Gasteiger partial charge in [0.2, 0.25) is 0 Å². The number of thiazole rings is 1. The van der Waals surface area contributed by atoms with Crippen LogP contribution < -0.4 is 10.6 Å². The van der Waals surface area contributed by atoms with Crippen LogP contribution in [-0.2, 0) is 0 Å². The topological polar surface area (TPSA) is 42.2 Å². The predicted molar refractivity (Wildman–Crippen MR) is 73.0 cm³/mol. The molecule has 4 heteroatoms. The highest BCUT2D eigenvalue weighted by molar-refractivity contribution is 7.16. The van der Waals surface area contributed by atoms with Crippen LogP contribution in [0, 0.1) is 0 Å². The lowest BCUT2D eigenvalue weighted by Crippen LogP contribution is -2.21. The molecule has 0 aliphatic carbocycles. The molecule has 0 fully saturated rings. The van der Waals surface area contributed by atoms with Crippen LogP contribution >= 0.6 is 11.3 Å². The number of hydrogen-bond donors (Lipinski definition) is 1. The van der Waals surface area contributed by atoms with Crippen molar-refractivity contribution >= 4 is 22.5 Å². The molecule has 1 rings (SSSR count). The van der Waals surface area contributed by atoms with Gasteiger partial charge in [0.15, 0.2) is 5.13 Å². The van der Waals surface area contributed by atoms with Crippen LogP contribution in [0.25, 0.3) is 6.08 Å². The highest BCUT2D eigenvalue weighted by Gasteiger charge is 2.07. The van der Waals surface area contributed by atoms with Gasteiger partial charge in [-0.15, -0.1) is 0 Å². The number of nitrogens with two attached hydrogens (primary N) is 1. The van der Waals surface area contributed by atoms with Gasteiger partial charge in [0.25, 0.3) is 0 Å². The van der Waals surface area contributed by atoms with E-state index in [-0.39, 0.29) is 6.04 Å². The van der Waals surface area contributed by atoms with E-state index >= 15 is 0 Å². The molecule has 0 aromatic carbocycles. The Kier molecular flexibility index (Phi) is 4.96. The zero-order valence-electron chi connectivity index (χ0n) is 10.5. The Hall–Kier alpha value is -0.870. The highest BCUT2D eigenvalue weighted by atomic mass is 32.1. The normalized spacial score (nSPS) is 13.9. The first-order chi connectivity index (χ1) is 7.58. The quantitative estimate of drug-likeness (QED) is 0.859. The second-order valence-electron chi connectivity index (χ2n) is 3.89. The minimum absolute atomic E-state index is 0.110. The van der Waals surface area contributed by atoms with Crippen molar-refractivity contribution in [1.82, 2.24) is 4.98 Å². The number of anilines is 1. The first kappa shape index (κ1) is 13.2. The van der Waals surface area contributed by atoms with Crippen LogP contribution in [0.2, 0.25) is 0 Å². The first-order valence-electron chi connectivity index (χ1n) is 5.73. The summed E-state index contributed by atoms with van der Waals surface area (Å²) in [6, 6.07) is 0.110. The zero-order valence-corrected chi connectivity index (χ0v) is 11.3. The van der Waals surface area contributed by atoms with Crippen molar-refractivity contribution in [2.75, 3.05) is 18.0 Å². The van der Waals surface area contributed by atoms with Crippen molar-refractivity contribution in [1.29, 1.82) is 0 Å². The summed E-state index contributed by atoms with van der Waals surface area (Å²) in [5.41, 5.74) is 7.00. The Morgan fingerprint density at radius 3 is 2.69 bits per heavy atom. The summed E-state index contributed by atoms with van der Waals surface area (Å²) in [7, 11) is 0. The molecule has 0 saturated heterocycles. The van der Waals surface area contributed by atoms with Crippen LogP contribution in [0.4, 0.5) is 5.13 Å². The van der Waals surface area contributed by atoms with Gasteiger partial charge in [0.05, 0.1) is 0 Å². The fourth-order valence-corrected chi connectivity index (χ4v) is 2.39. The van der Waals surface area contributed by atoms with E-state index in [4.69, 9.17) is 5.73 Å². The average molecular weight is 239 g/mol. The molecule has 2 N–H and O–H groups in total. The lowest BCUT2D eigenvalue weighted by molar-refractivity contribution is 0.860. The fourth-order valence-electron chi connectivity index (χ4n) is 1.34. The maximum Gasteiger partial charge on any atom is 0.185 e. The van der Waals surface area contributed by atoms with Gasteiger partial charge in [-0.3, -0.25) is 0 Å². The van der Waals surface area contributed by atoms with Crippen LogP contribution in [-0.4, -0.2) is 24.1 Å². The third-order valence-electron chi connectivity index (χ3n) is 2.63. The summed E-state index contributed by atoms with van der Waals surface area (Å²) in [5, 5.41) is 1.09. The molecular weight excluding hydrogens is 218 g/mol. The predicted octanol–water partition coefficient (Wildman–Crippen LogP) is 2.74. The molecule has 1 atom stereocenters. The second kappa shape index (κ2) is 6.01. The average Bonchev–Trinajstić information content (AvgIpc) is 2.68. The van der Waals surface area contributed by atoms with Crippen LogP contribution in [0.1, 0.15) is 32.6 Å². The monoisotopic (exact) mass is 239 g/mol. The number of rotatable bonds is 5. The molecule has 0 spiro atoms. The largest absolute Gasteiger partial charge is 0.349 e. The maximum atomic E-state index is 5.81. The van der Waals surface area contributed by atoms with Gasteiger partial charge >= 0.3 is 0 Å². The zero-order chi connectivity index (χ0) is 12.1. The molecular formula is C12H21N3S. The minimum atomic E-state index is 0.110. The van der Waals surface area contributed by atoms with Gasteiger partial charge in [-0.1, -0.05) is 16.9 Å². The molecule has 0 radical (unpaired) electrons. The maximum absolute atomic E-state index is 5.81. The molecule has 90 valence electrons. The van der Waals surface area contributed by atoms with Crippen molar-refractivity contribution in [3.8, 4) is 0 Å². The molecule has 1 unspecified atom stereocenters. The third-order valence-corrected chi connectivity index (χ3v) is 3.64. The van der Waals surface area contributed by atoms with E-state index in [0.29, 0.717) is 0 Å². The number of aromatic nitrogens is 1. The van der Waals surface area contributed by atoms with Gasteiger partial charge < -0.3 is 10.6 Å². The summed E-state index contributed by atoms with van der Waals surface area (Å²) in [6.45, 7) is 10.3. The molecule has 16 heavy (non-hydrogen) atoms. The molecule has 1 aromatic heterocycles. The van der Waals surface area contributed by atoms with Crippen LogP contribution in [0.3, 0.4) is 0 Å². The third kappa shape index (κ3) is 3.32. The molecule has 1 aromatic rings. The van der Waals surface area contributed by atoms with E-state index in [1.54, 1.807) is 11.3 Å². The van der Waals surface area contributed by atoms with Gasteiger partial charge in [-0.05, 0) is 33.8 Å². The highest BCUT2D eigenvalue weighted by Crippen LogP contribution is 2.24. The van der Waals surface area contributed by atoms with Crippen molar-refractivity contribution in [3.05, 3.63) is 16.6 Å². The van der Waals surface area contributed by atoms with Crippen molar-refractivity contribution in [3.63, 3.8) is 0 Å². The van der Waals surface area contributed by atoms with Crippen molar-refractivity contribution in [2.45, 2.75) is 33.7 Å². The Balaban J connectivity index is 2.83.